The van der Waals surface area contributed by atoms with Crippen molar-refractivity contribution in [1.82, 2.24) is 9.55 Å². The fourth-order valence-corrected chi connectivity index (χ4v) is 4.23. The molecule has 2 aromatic rings. The van der Waals surface area contributed by atoms with Crippen molar-refractivity contribution >= 4 is 5.78 Å². The Morgan fingerprint density at radius 2 is 1.93 bits per heavy atom. The fourth-order valence-electron chi connectivity index (χ4n) is 4.23. The van der Waals surface area contributed by atoms with Crippen molar-refractivity contribution in [2.75, 3.05) is 6.61 Å². The lowest BCUT2D eigenvalue weighted by Crippen LogP contribution is -2.23. The molecule has 152 valence electrons. The van der Waals surface area contributed by atoms with Crippen LogP contribution in [0.25, 0.3) is 0 Å². The largest absolute Gasteiger partial charge is 0.493 e. The summed E-state index contributed by atoms with van der Waals surface area (Å²) in [6.45, 7) is 7.85. The van der Waals surface area contributed by atoms with Gasteiger partial charge in [-0.3, -0.25) is 4.79 Å². The molecule has 0 radical (unpaired) electrons. The van der Waals surface area contributed by atoms with Crippen molar-refractivity contribution in [3.05, 3.63) is 47.0 Å². The standard InChI is InChI=1S/C24H34N2O2/c1-4-9-23-25-14-15-26(23)17-18(6-3)24(27)21-12-13-22(28-16-5-2)20-11-8-7-10-19(20)21/h12-15,18H,4-11,16-17H2,1-3H3. The van der Waals surface area contributed by atoms with Crippen LogP contribution in [0.15, 0.2) is 24.5 Å². The Morgan fingerprint density at radius 1 is 1.14 bits per heavy atom. The molecule has 1 aromatic carbocycles. The van der Waals surface area contributed by atoms with Crippen molar-refractivity contribution in [2.24, 2.45) is 5.92 Å². The van der Waals surface area contributed by atoms with Crippen LogP contribution in [0, 0.1) is 5.92 Å². The minimum atomic E-state index is -0.0155. The number of carbonyl (C=O) groups excluding carboxylic acids is 1. The molecule has 3 rings (SSSR count). The predicted octanol–water partition coefficient (Wildman–Crippen LogP) is 5.41. The summed E-state index contributed by atoms with van der Waals surface area (Å²) in [6.07, 6.45) is 12.1. The van der Waals surface area contributed by atoms with Crippen molar-refractivity contribution < 1.29 is 9.53 Å². The molecule has 1 aromatic heterocycles. The van der Waals surface area contributed by atoms with Crippen molar-refractivity contribution in [3.63, 3.8) is 0 Å². The molecule has 0 aliphatic heterocycles. The van der Waals surface area contributed by atoms with E-state index < -0.39 is 0 Å². The number of fused-ring (bicyclic) bond motifs is 1. The number of rotatable bonds is 10. The van der Waals surface area contributed by atoms with Gasteiger partial charge in [0.15, 0.2) is 5.78 Å². The van der Waals surface area contributed by atoms with E-state index in [0.29, 0.717) is 6.54 Å². The third-order valence-electron chi connectivity index (χ3n) is 5.77. The molecule has 4 heteroatoms. The van der Waals surface area contributed by atoms with E-state index in [1.54, 1.807) is 0 Å². The summed E-state index contributed by atoms with van der Waals surface area (Å²) in [4.78, 5) is 18.0. The molecule has 28 heavy (non-hydrogen) atoms. The monoisotopic (exact) mass is 382 g/mol. The Bertz CT molecular complexity index is 794. The van der Waals surface area contributed by atoms with Gasteiger partial charge < -0.3 is 9.30 Å². The minimum Gasteiger partial charge on any atom is -0.493 e. The Hall–Kier alpha value is -2.10. The summed E-state index contributed by atoms with van der Waals surface area (Å²) >= 11 is 0. The minimum absolute atomic E-state index is 0.0155. The first-order valence-corrected chi connectivity index (χ1v) is 11.0. The maximum absolute atomic E-state index is 13.5. The number of Topliss-reactive ketones (excluding diaryl/α,β-unsaturated/α-hetero) is 1. The smallest absolute Gasteiger partial charge is 0.168 e. The first-order valence-electron chi connectivity index (χ1n) is 11.0. The van der Waals surface area contributed by atoms with Gasteiger partial charge in [-0.15, -0.1) is 0 Å². The highest BCUT2D eigenvalue weighted by Crippen LogP contribution is 2.34. The highest BCUT2D eigenvalue weighted by atomic mass is 16.5. The van der Waals surface area contributed by atoms with Crippen LogP contribution in [-0.2, 0) is 25.8 Å². The van der Waals surface area contributed by atoms with E-state index in [2.05, 4.69) is 30.3 Å². The number of aromatic nitrogens is 2. The normalized spacial score (nSPS) is 14.5. The molecule has 0 fully saturated rings. The van der Waals surface area contributed by atoms with E-state index in [-0.39, 0.29) is 11.7 Å². The SMILES string of the molecule is CCCOc1ccc(C(=O)C(CC)Cn2ccnc2CCC)c2c1CCCC2. The number of ether oxygens (including phenoxy) is 1. The lowest BCUT2D eigenvalue weighted by molar-refractivity contribution is 0.0901. The molecule has 0 bridgehead atoms. The zero-order valence-electron chi connectivity index (χ0n) is 17.7. The highest BCUT2D eigenvalue weighted by molar-refractivity contribution is 5.99. The summed E-state index contributed by atoms with van der Waals surface area (Å²) in [5, 5.41) is 0. The third kappa shape index (κ3) is 4.48. The Balaban J connectivity index is 1.86. The van der Waals surface area contributed by atoms with Gasteiger partial charge in [0.2, 0.25) is 0 Å². The number of carbonyl (C=O) groups is 1. The van der Waals surface area contributed by atoms with Gasteiger partial charge in [0.1, 0.15) is 11.6 Å². The molecular weight excluding hydrogens is 348 g/mol. The lowest BCUT2D eigenvalue weighted by Gasteiger charge is -2.24. The molecule has 0 amide bonds. The quantitative estimate of drug-likeness (QED) is 0.516. The molecule has 0 spiro atoms. The zero-order chi connectivity index (χ0) is 19.9. The van der Waals surface area contributed by atoms with E-state index in [1.165, 1.54) is 17.5 Å². The van der Waals surface area contributed by atoms with Gasteiger partial charge >= 0.3 is 0 Å². The molecule has 1 heterocycles. The summed E-state index contributed by atoms with van der Waals surface area (Å²) in [7, 11) is 0. The second-order valence-corrected chi connectivity index (χ2v) is 7.84. The van der Waals surface area contributed by atoms with Crippen LogP contribution in [-0.4, -0.2) is 21.9 Å². The van der Waals surface area contributed by atoms with Gasteiger partial charge in [0, 0.05) is 36.8 Å². The van der Waals surface area contributed by atoms with Crippen LogP contribution < -0.4 is 4.74 Å². The number of imidazole rings is 1. The topological polar surface area (TPSA) is 44.1 Å². The second kappa shape index (κ2) is 9.90. The van der Waals surface area contributed by atoms with Crippen LogP contribution in [0.3, 0.4) is 0 Å². The Kier molecular flexibility index (Phi) is 7.30. The number of hydrogen-bond acceptors (Lipinski definition) is 3. The number of ketones is 1. The van der Waals surface area contributed by atoms with Gasteiger partial charge in [-0.25, -0.2) is 4.98 Å². The van der Waals surface area contributed by atoms with Crippen molar-refractivity contribution in [2.45, 2.75) is 78.7 Å². The average Bonchev–Trinajstić information content (AvgIpc) is 3.16. The fraction of sp³-hybridized carbons (Fsp3) is 0.583. The summed E-state index contributed by atoms with van der Waals surface area (Å²) in [5.41, 5.74) is 3.43. The van der Waals surface area contributed by atoms with Gasteiger partial charge in [0.25, 0.3) is 0 Å². The molecular formula is C24H34N2O2. The summed E-state index contributed by atoms with van der Waals surface area (Å²) in [5.74, 6) is 2.33. The second-order valence-electron chi connectivity index (χ2n) is 7.84. The number of benzene rings is 1. The van der Waals surface area contributed by atoms with E-state index >= 15 is 0 Å². The molecule has 1 atom stereocenters. The number of hydrogen-bond donors (Lipinski definition) is 0. The first-order chi connectivity index (χ1) is 13.7. The molecule has 4 nitrogen and oxygen atoms in total. The predicted molar refractivity (Wildman–Crippen MR) is 113 cm³/mol. The zero-order valence-corrected chi connectivity index (χ0v) is 17.7. The van der Waals surface area contributed by atoms with Gasteiger partial charge in [-0.2, -0.15) is 0 Å². The van der Waals surface area contributed by atoms with Gasteiger partial charge in [0.05, 0.1) is 6.61 Å². The van der Waals surface area contributed by atoms with E-state index in [0.717, 1.165) is 68.7 Å². The molecule has 1 aliphatic rings. The maximum atomic E-state index is 13.5. The van der Waals surface area contributed by atoms with Crippen molar-refractivity contribution in [1.29, 1.82) is 0 Å². The molecule has 1 unspecified atom stereocenters. The number of aryl methyl sites for hydroxylation is 1. The van der Waals surface area contributed by atoms with Crippen LogP contribution >= 0.6 is 0 Å². The van der Waals surface area contributed by atoms with Crippen LogP contribution in [0.1, 0.15) is 80.2 Å². The van der Waals surface area contributed by atoms with Crippen molar-refractivity contribution in [3.8, 4) is 5.75 Å². The van der Waals surface area contributed by atoms with Crippen LogP contribution in [0.2, 0.25) is 0 Å². The summed E-state index contributed by atoms with van der Waals surface area (Å²) < 4.78 is 8.15. The van der Waals surface area contributed by atoms with E-state index in [1.807, 2.05) is 24.5 Å². The Morgan fingerprint density at radius 3 is 2.64 bits per heavy atom. The average molecular weight is 383 g/mol. The van der Waals surface area contributed by atoms with E-state index in [9.17, 15) is 4.79 Å². The van der Waals surface area contributed by atoms with Crippen LogP contribution in [0.5, 0.6) is 5.75 Å². The Labute approximate surface area is 169 Å². The van der Waals surface area contributed by atoms with Gasteiger partial charge in [-0.1, -0.05) is 20.8 Å². The summed E-state index contributed by atoms with van der Waals surface area (Å²) in [6, 6.07) is 4.04. The van der Waals surface area contributed by atoms with Crippen LogP contribution in [0.4, 0.5) is 0 Å². The molecule has 1 aliphatic carbocycles. The molecule has 0 saturated heterocycles. The lowest BCUT2D eigenvalue weighted by atomic mass is 9.83. The van der Waals surface area contributed by atoms with E-state index in [4.69, 9.17) is 4.74 Å². The highest BCUT2D eigenvalue weighted by Gasteiger charge is 2.26. The third-order valence-corrected chi connectivity index (χ3v) is 5.77. The molecule has 0 saturated carbocycles. The molecule has 0 N–H and O–H groups in total. The maximum Gasteiger partial charge on any atom is 0.168 e. The first kappa shape index (κ1) is 20.6. The van der Waals surface area contributed by atoms with Gasteiger partial charge in [-0.05, 0) is 68.2 Å². The number of nitrogens with zero attached hydrogens (tertiary/aromatic N) is 2.